The molecule has 10 aromatic rings. The molecule has 0 N–H and O–H groups in total. The van der Waals surface area contributed by atoms with Crippen molar-refractivity contribution in [2.24, 2.45) is 0 Å². The third-order valence-electron chi connectivity index (χ3n) is 10.1. The van der Waals surface area contributed by atoms with Crippen molar-refractivity contribution in [1.82, 2.24) is 9.13 Å². The second-order valence-electron chi connectivity index (χ2n) is 13.0. The van der Waals surface area contributed by atoms with E-state index >= 15 is 0 Å². The number of benzene rings is 8. The van der Waals surface area contributed by atoms with E-state index in [1.807, 2.05) is 0 Å². The van der Waals surface area contributed by atoms with Gasteiger partial charge in [-0.3, -0.25) is 0 Å². The summed E-state index contributed by atoms with van der Waals surface area (Å²) in [5, 5.41) is 4.99. The Morgan fingerprint density at radius 2 is 0.660 bits per heavy atom. The quantitative estimate of drug-likeness (QED) is 0.178. The summed E-state index contributed by atoms with van der Waals surface area (Å²) in [6, 6.07) is 70.3. The number of nitrogens with zero attached hydrogens (tertiary/aromatic N) is 2. The smallest absolute Gasteiger partial charge is 0.0788 e. The van der Waals surface area contributed by atoms with Gasteiger partial charge in [0.1, 0.15) is 0 Å². The average molecular weight is 637 g/mol. The molecule has 2 aromatic heterocycles. The summed E-state index contributed by atoms with van der Waals surface area (Å²) in [6.45, 7) is 0. The van der Waals surface area contributed by atoms with E-state index in [0.29, 0.717) is 0 Å². The summed E-state index contributed by atoms with van der Waals surface area (Å²) >= 11 is 0. The van der Waals surface area contributed by atoms with Crippen molar-refractivity contribution in [2.75, 3.05) is 0 Å². The highest BCUT2D eigenvalue weighted by atomic mass is 15.0. The Balaban J connectivity index is 1.23. The van der Waals surface area contributed by atoms with E-state index in [9.17, 15) is 0 Å². The fraction of sp³-hybridized carbons (Fsp3) is 0. The number of para-hydroxylation sites is 2. The van der Waals surface area contributed by atoms with Gasteiger partial charge in [0, 0.05) is 32.9 Å². The van der Waals surface area contributed by atoms with Crippen molar-refractivity contribution in [3.05, 3.63) is 194 Å². The Kier molecular flexibility index (Phi) is 6.53. The Morgan fingerprint density at radius 1 is 0.240 bits per heavy atom. The van der Waals surface area contributed by atoms with Gasteiger partial charge in [0.2, 0.25) is 0 Å². The molecule has 8 aromatic carbocycles. The molecule has 0 aliphatic carbocycles. The molecule has 10 rings (SSSR count). The minimum Gasteiger partial charge on any atom is -0.307 e. The molecule has 0 saturated carbocycles. The molecule has 0 aliphatic heterocycles. The topological polar surface area (TPSA) is 9.86 Å². The van der Waals surface area contributed by atoms with Crippen LogP contribution in [0.15, 0.2) is 194 Å². The summed E-state index contributed by atoms with van der Waals surface area (Å²) in [5.41, 5.74) is 14.4. The molecular formula is C48H32N2. The lowest BCUT2D eigenvalue weighted by molar-refractivity contribution is 1.15. The molecule has 0 radical (unpaired) electrons. The molecule has 0 unspecified atom stereocenters. The molecule has 234 valence electrons. The Bertz CT molecular complexity index is 2820. The SMILES string of the molecule is c1ccc(-c2cccc(-c3ccc(-n4c5ccccc5c5ccc6c7ccc(-c8ccccc8)cc7n(-c7ccccc7)c6c54)cc3)c2)cc1. The first-order valence-electron chi connectivity index (χ1n) is 17.2. The van der Waals surface area contributed by atoms with Crippen LogP contribution in [0.4, 0.5) is 0 Å². The molecule has 0 amide bonds. The predicted molar refractivity (Wildman–Crippen MR) is 211 cm³/mol. The van der Waals surface area contributed by atoms with Crippen LogP contribution in [-0.2, 0) is 0 Å². The van der Waals surface area contributed by atoms with Crippen LogP contribution in [0.1, 0.15) is 0 Å². The second-order valence-corrected chi connectivity index (χ2v) is 13.0. The largest absolute Gasteiger partial charge is 0.307 e. The van der Waals surface area contributed by atoms with Gasteiger partial charge in [-0.1, -0.05) is 152 Å². The third kappa shape index (κ3) is 4.50. The van der Waals surface area contributed by atoms with Crippen LogP contribution >= 0.6 is 0 Å². The van der Waals surface area contributed by atoms with Crippen LogP contribution in [0.25, 0.3) is 88.4 Å². The molecule has 2 nitrogen and oxygen atoms in total. The van der Waals surface area contributed by atoms with E-state index in [1.54, 1.807) is 0 Å². The van der Waals surface area contributed by atoms with Crippen LogP contribution in [0, 0.1) is 0 Å². The predicted octanol–water partition coefficient (Wildman–Crippen LogP) is 12.9. The first-order chi connectivity index (χ1) is 24.8. The van der Waals surface area contributed by atoms with E-state index in [-0.39, 0.29) is 0 Å². The summed E-state index contributed by atoms with van der Waals surface area (Å²) in [5.74, 6) is 0. The lowest BCUT2D eigenvalue weighted by Crippen LogP contribution is -1.98. The Morgan fingerprint density at radius 3 is 1.30 bits per heavy atom. The molecular weight excluding hydrogens is 605 g/mol. The van der Waals surface area contributed by atoms with E-state index in [1.165, 1.54) is 77.0 Å². The second kappa shape index (κ2) is 11.5. The Hall–Kier alpha value is -6.64. The van der Waals surface area contributed by atoms with Crippen LogP contribution in [0.3, 0.4) is 0 Å². The number of hydrogen-bond donors (Lipinski definition) is 0. The van der Waals surface area contributed by atoms with Gasteiger partial charge in [0.15, 0.2) is 0 Å². The zero-order valence-electron chi connectivity index (χ0n) is 27.4. The van der Waals surface area contributed by atoms with Crippen LogP contribution in [0.2, 0.25) is 0 Å². The van der Waals surface area contributed by atoms with Gasteiger partial charge in [0.25, 0.3) is 0 Å². The molecule has 0 saturated heterocycles. The molecule has 2 heteroatoms. The molecule has 0 bridgehead atoms. The summed E-state index contributed by atoms with van der Waals surface area (Å²) in [7, 11) is 0. The van der Waals surface area contributed by atoms with Gasteiger partial charge >= 0.3 is 0 Å². The molecule has 0 fully saturated rings. The monoisotopic (exact) mass is 636 g/mol. The van der Waals surface area contributed by atoms with Gasteiger partial charge in [0.05, 0.1) is 22.1 Å². The van der Waals surface area contributed by atoms with Gasteiger partial charge in [-0.25, -0.2) is 0 Å². The number of fused-ring (bicyclic) bond motifs is 7. The van der Waals surface area contributed by atoms with Gasteiger partial charge in [-0.15, -0.1) is 0 Å². The van der Waals surface area contributed by atoms with Crippen molar-refractivity contribution in [1.29, 1.82) is 0 Å². The zero-order chi connectivity index (χ0) is 33.0. The van der Waals surface area contributed by atoms with Crippen LogP contribution in [0.5, 0.6) is 0 Å². The standard InChI is InChI=1S/C48H32N2/c1-4-13-33(14-5-1)36-17-12-18-37(31-36)35-23-26-40(27-24-35)49-45-22-11-10-21-41(45)43-29-30-44-42-28-25-38(34-15-6-2-7-16-34)32-46(42)50(48(44)47(43)49)39-19-8-3-9-20-39/h1-32H. The van der Waals surface area contributed by atoms with E-state index in [2.05, 4.69) is 203 Å². The summed E-state index contributed by atoms with van der Waals surface area (Å²) < 4.78 is 4.94. The zero-order valence-corrected chi connectivity index (χ0v) is 27.4. The lowest BCUT2D eigenvalue weighted by atomic mass is 9.99. The summed E-state index contributed by atoms with van der Waals surface area (Å²) in [4.78, 5) is 0. The maximum absolute atomic E-state index is 2.47. The van der Waals surface area contributed by atoms with Crippen molar-refractivity contribution in [3.8, 4) is 44.8 Å². The third-order valence-corrected chi connectivity index (χ3v) is 10.1. The highest BCUT2D eigenvalue weighted by Crippen LogP contribution is 2.42. The Labute approximate surface area is 290 Å². The van der Waals surface area contributed by atoms with Crippen molar-refractivity contribution >= 4 is 43.6 Å². The maximum atomic E-state index is 2.47. The first kappa shape index (κ1) is 28.4. The van der Waals surface area contributed by atoms with Crippen molar-refractivity contribution < 1.29 is 0 Å². The van der Waals surface area contributed by atoms with E-state index in [4.69, 9.17) is 0 Å². The minimum atomic E-state index is 1.14. The maximum Gasteiger partial charge on any atom is 0.0788 e. The van der Waals surface area contributed by atoms with Gasteiger partial charge in [-0.05, 0) is 75.8 Å². The van der Waals surface area contributed by atoms with E-state index < -0.39 is 0 Å². The van der Waals surface area contributed by atoms with Crippen molar-refractivity contribution in [2.45, 2.75) is 0 Å². The number of hydrogen-bond acceptors (Lipinski definition) is 0. The molecule has 0 atom stereocenters. The van der Waals surface area contributed by atoms with Gasteiger partial charge in [-0.2, -0.15) is 0 Å². The van der Waals surface area contributed by atoms with E-state index in [0.717, 1.165) is 11.4 Å². The molecule has 2 heterocycles. The van der Waals surface area contributed by atoms with Crippen LogP contribution < -0.4 is 0 Å². The summed E-state index contributed by atoms with van der Waals surface area (Å²) in [6.07, 6.45) is 0. The highest BCUT2D eigenvalue weighted by molar-refractivity contribution is 6.24. The molecule has 0 aliphatic rings. The highest BCUT2D eigenvalue weighted by Gasteiger charge is 2.21. The first-order valence-corrected chi connectivity index (χ1v) is 17.2. The average Bonchev–Trinajstić information content (AvgIpc) is 3.72. The lowest BCUT2D eigenvalue weighted by Gasteiger charge is -2.13. The van der Waals surface area contributed by atoms with Gasteiger partial charge < -0.3 is 9.13 Å². The fourth-order valence-corrected chi connectivity index (χ4v) is 7.78. The number of aromatic nitrogens is 2. The normalized spacial score (nSPS) is 11.6. The number of rotatable bonds is 5. The van der Waals surface area contributed by atoms with Crippen molar-refractivity contribution in [3.63, 3.8) is 0 Å². The molecule has 50 heavy (non-hydrogen) atoms. The van der Waals surface area contributed by atoms with Crippen LogP contribution in [-0.4, -0.2) is 9.13 Å². The fourth-order valence-electron chi connectivity index (χ4n) is 7.78. The minimum absolute atomic E-state index is 1.14. The molecule has 0 spiro atoms.